The molecule has 3 rings (SSSR count). The molecule has 0 bridgehead atoms. The van der Waals surface area contributed by atoms with Crippen LogP contribution in [0.5, 0.6) is 0 Å². The van der Waals surface area contributed by atoms with Gasteiger partial charge in [-0.3, -0.25) is 13.9 Å². The van der Waals surface area contributed by atoms with Gasteiger partial charge in [0.05, 0.1) is 19.0 Å². The van der Waals surface area contributed by atoms with E-state index >= 15 is 0 Å². The first kappa shape index (κ1) is 24.6. The van der Waals surface area contributed by atoms with E-state index in [4.69, 9.17) is 26.0 Å². The number of unbranched alkanes of at least 4 members (excludes halogenated alkanes) is 1. The number of nitrogens with one attached hydrogen (secondary N) is 1. The van der Waals surface area contributed by atoms with Gasteiger partial charge in [-0.2, -0.15) is 0 Å². The smallest absolute Gasteiger partial charge is 0.387 e. The van der Waals surface area contributed by atoms with Crippen molar-refractivity contribution < 1.29 is 38.6 Å². The zero-order chi connectivity index (χ0) is 23.5. The summed E-state index contributed by atoms with van der Waals surface area (Å²) in [7, 11) is -4.79. The number of aliphatic hydroxyl groups is 2. The second-order valence-corrected chi connectivity index (χ2v) is 8.50. The number of phosphoric ester groups is 1. The minimum atomic E-state index is -4.79. The molecule has 2 aromatic rings. The molecule has 0 saturated carbocycles. The molecular formula is C16H26N7O8P. The molecule has 15 nitrogen and oxygen atoms in total. The highest BCUT2D eigenvalue weighted by atomic mass is 31.2. The van der Waals surface area contributed by atoms with Gasteiger partial charge in [0.2, 0.25) is 5.91 Å². The number of hydrogen-bond acceptors (Lipinski definition) is 11. The van der Waals surface area contributed by atoms with Crippen molar-refractivity contribution in [1.29, 1.82) is 0 Å². The summed E-state index contributed by atoms with van der Waals surface area (Å²) in [5.74, 6) is -0.360. The first-order chi connectivity index (χ1) is 15.1. The van der Waals surface area contributed by atoms with Gasteiger partial charge in [-0.05, 0) is 19.4 Å². The number of imidazole rings is 1. The molecule has 16 heteroatoms. The molecular weight excluding hydrogens is 449 g/mol. The Hall–Kier alpha value is -2.07. The molecule has 0 radical (unpaired) electrons. The first-order valence-corrected chi connectivity index (χ1v) is 11.3. The van der Waals surface area contributed by atoms with Gasteiger partial charge in [-0.25, -0.2) is 19.5 Å². The maximum absolute atomic E-state index is 12.4. The van der Waals surface area contributed by atoms with Crippen molar-refractivity contribution in [2.45, 2.75) is 49.8 Å². The highest BCUT2D eigenvalue weighted by Crippen LogP contribution is 2.38. The summed E-state index contributed by atoms with van der Waals surface area (Å²) in [6.07, 6.45) is -1.03. The molecule has 32 heavy (non-hydrogen) atoms. The van der Waals surface area contributed by atoms with Gasteiger partial charge in [-0.1, -0.05) is 6.42 Å². The van der Waals surface area contributed by atoms with Crippen molar-refractivity contribution in [3.8, 4) is 0 Å². The van der Waals surface area contributed by atoms with Gasteiger partial charge in [0.1, 0.15) is 24.6 Å². The maximum Gasteiger partial charge on any atom is 0.469 e. The SMILES string of the molecule is NCCCC[C@H](N)C(=O)Nc1ncnc2c1ncn2[C@@H]1O[C@H](COP(=O)(O)O)[C@@H](O)[C@H]1O. The summed E-state index contributed by atoms with van der Waals surface area (Å²) < 4.78 is 22.1. The molecule has 5 atom stereocenters. The van der Waals surface area contributed by atoms with E-state index in [0.29, 0.717) is 19.4 Å². The van der Waals surface area contributed by atoms with Crippen LogP contribution in [0.3, 0.4) is 0 Å². The fraction of sp³-hybridized carbons (Fsp3) is 0.625. The summed E-state index contributed by atoms with van der Waals surface area (Å²) >= 11 is 0. The minimum Gasteiger partial charge on any atom is -0.387 e. The van der Waals surface area contributed by atoms with Gasteiger partial charge >= 0.3 is 7.82 Å². The van der Waals surface area contributed by atoms with Gasteiger partial charge in [-0.15, -0.1) is 0 Å². The van der Waals surface area contributed by atoms with E-state index < -0.39 is 50.9 Å². The van der Waals surface area contributed by atoms with E-state index in [1.54, 1.807) is 0 Å². The van der Waals surface area contributed by atoms with Crippen molar-refractivity contribution >= 4 is 30.7 Å². The predicted octanol–water partition coefficient (Wildman–Crippen LogP) is -2.05. The van der Waals surface area contributed by atoms with Crippen LogP contribution in [-0.2, 0) is 18.6 Å². The average molecular weight is 475 g/mol. The highest BCUT2D eigenvalue weighted by molar-refractivity contribution is 7.46. The Morgan fingerprint density at radius 1 is 1.28 bits per heavy atom. The molecule has 0 aliphatic carbocycles. The summed E-state index contributed by atoms with van der Waals surface area (Å²) in [6, 6.07) is -0.765. The quantitative estimate of drug-likeness (QED) is 0.145. The third-order valence-electron chi connectivity index (χ3n) is 4.92. The normalized spacial score (nSPS) is 24.7. The molecule has 3 heterocycles. The van der Waals surface area contributed by atoms with E-state index in [2.05, 4.69) is 24.8 Å². The number of aromatic nitrogens is 4. The third-order valence-corrected chi connectivity index (χ3v) is 5.41. The molecule has 1 aliphatic heterocycles. The predicted molar refractivity (Wildman–Crippen MR) is 109 cm³/mol. The largest absolute Gasteiger partial charge is 0.469 e. The Kier molecular flexibility index (Phi) is 7.87. The lowest BCUT2D eigenvalue weighted by molar-refractivity contribution is -0.117. The van der Waals surface area contributed by atoms with E-state index in [-0.39, 0.29) is 17.0 Å². The summed E-state index contributed by atoms with van der Waals surface area (Å²) in [4.78, 5) is 42.3. The number of ether oxygens (including phenoxy) is 1. The van der Waals surface area contributed by atoms with Crippen LogP contribution in [0, 0.1) is 0 Å². The number of anilines is 1. The van der Waals surface area contributed by atoms with Gasteiger partial charge < -0.3 is 41.5 Å². The molecule has 0 spiro atoms. The maximum atomic E-state index is 12.4. The van der Waals surface area contributed by atoms with Crippen LogP contribution in [0.4, 0.5) is 5.82 Å². The number of carbonyl (C=O) groups is 1. The van der Waals surface area contributed by atoms with Crippen LogP contribution >= 0.6 is 7.82 Å². The van der Waals surface area contributed by atoms with E-state index in [0.717, 1.165) is 6.42 Å². The number of phosphoric acid groups is 1. The Labute approximate surface area is 182 Å². The molecule has 1 amide bonds. The third kappa shape index (κ3) is 5.64. The summed E-state index contributed by atoms with van der Waals surface area (Å²) in [5, 5.41) is 23.1. The van der Waals surface area contributed by atoms with Gasteiger partial charge in [0, 0.05) is 0 Å². The van der Waals surface area contributed by atoms with E-state index in [9.17, 15) is 19.6 Å². The fourth-order valence-corrected chi connectivity index (χ4v) is 3.59. The van der Waals surface area contributed by atoms with Crippen LogP contribution in [0.2, 0.25) is 0 Å². The molecule has 1 fully saturated rings. The van der Waals surface area contributed by atoms with Crippen LogP contribution < -0.4 is 16.8 Å². The zero-order valence-electron chi connectivity index (χ0n) is 16.9. The van der Waals surface area contributed by atoms with Crippen LogP contribution in [0.25, 0.3) is 11.2 Å². The van der Waals surface area contributed by atoms with Crippen LogP contribution in [0.1, 0.15) is 25.5 Å². The number of hydrogen-bond donors (Lipinski definition) is 7. The Morgan fingerprint density at radius 2 is 2.03 bits per heavy atom. The molecule has 178 valence electrons. The Morgan fingerprint density at radius 3 is 2.72 bits per heavy atom. The monoisotopic (exact) mass is 475 g/mol. The second kappa shape index (κ2) is 10.2. The Bertz CT molecular complexity index is 984. The van der Waals surface area contributed by atoms with E-state index in [1.165, 1.54) is 17.2 Å². The number of carbonyl (C=O) groups excluding carboxylic acids is 1. The number of nitrogens with zero attached hydrogens (tertiary/aromatic N) is 4. The highest BCUT2D eigenvalue weighted by Gasteiger charge is 2.45. The van der Waals surface area contributed by atoms with Crippen molar-refractivity contribution in [2.75, 3.05) is 18.5 Å². The lowest BCUT2D eigenvalue weighted by atomic mass is 10.1. The minimum absolute atomic E-state index is 0.0995. The number of rotatable bonds is 10. The second-order valence-electron chi connectivity index (χ2n) is 7.26. The van der Waals surface area contributed by atoms with E-state index in [1.807, 2.05) is 0 Å². The zero-order valence-corrected chi connectivity index (χ0v) is 17.8. The van der Waals surface area contributed by atoms with Gasteiger partial charge in [0.15, 0.2) is 23.2 Å². The van der Waals surface area contributed by atoms with Crippen molar-refractivity contribution in [3.63, 3.8) is 0 Å². The Balaban J connectivity index is 1.76. The molecule has 0 unspecified atom stereocenters. The molecule has 1 aliphatic rings. The van der Waals surface area contributed by atoms with Crippen molar-refractivity contribution in [2.24, 2.45) is 11.5 Å². The molecule has 1 saturated heterocycles. The molecule has 2 aromatic heterocycles. The van der Waals surface area contributed by atoms with Crippen molar-refractivity contribution in [1.82, 2.24) is 19.5 Å². The summed E-state index contributed by atoms with van der Waals surface area (Å²) in [6.45, 7) is -0.141. The van der Waals surface area contributed by atoms with Crippen LogP contribution in [-0.4, -0.2) is 82.9 Å². The lowest BCUT2D eigenvalue weighted by Gasteiger charge is -2.16. The molecule has 9 N–H and O–H groups in total. The number of fused-ring (bicyclic) bond motifs is 1. The topological polar surface area (TPSA) is 241 Å². The number of nitrogens with two attached hydrogens (primary N) is 2. The lowest BCUT2D eigenvalue weighted by Crippen LogP contribution is -2.36. The number of amides is 1. The molecule has 0 aromatic carbocycles. The first-order valence-electron chi connectivity index (χ1n) is 9.78. The fourth-order valence-electron chi connectivity index (χ4n) is 3.25. The average Bonchev–Trinajstić information content (AvgIpc) is 3.28. The van der Waals surface area contributed by atoms with Crippen molar-refractivity contribution in [3.05, 3.63) is 12.7 Å². The standard InChI is InChI=1S/C16H26N7O8P/c17-4-2-1-3-8(18)15(26)22-13-10-14(20-6-19-13)23(7-21-10)16-12(25)11(24)9(31-16)5-30-32(27,28)29/h6-9,11-12,16,24-25H,1-5,17-18H2,(H2,27,28,29)(H,19,20,22,26)/t8-,9+,11+,12+,16+/m0/s1. The van der Waals surface area contributed by atoms with Crippen LogP contribution in [0.15, 0.2) is 12.7 Å². The number of aliphatic hydroxyl groups excluding tert-OH is 2. The summed E-state index contributed by atoms with van der Waals surface area (Å²) in [5.41, 5.74) is 11.7. The van der Waals surface area contributed by atoms with Gasteiger partial charge in [0.25, 0.3) is 0 Å².